The van der Waals surface area contributed by atoms with Crippen molar-refractivity contribution in [3.63, 3.8) is 0 Å². The summed E-state index contributed by atoms with van der Waals surface area (Å²) in [6, 6.07) is 18.1. The lowest BCUT2D eigenvalue weighted by Crippen LogP contribution is -2.15. The second-order valence-electron chi connectivity index (χ2n) is 6.16. The summed E-state index contributed by atoms with van der Waals surface area (Å²) in [7, 11) is 0. The summed E-state index contributed by atoms with van der Waals surface area (Å²) in [6.45, 7) is 3.99. The first-order chi connectivity index (χ1) is 13.5. The van der Waals surface area contributed by atoms with Crippen LogP contribution < -0.4 is 10.6 Å². The maximum atomic E-state index is 12.2. The maximum Gasteiger partial charge on any atom is 0.256 e. The first-order valence-corrected chi connectivity index (χ1v) is 9.70. The van der Waals surface area contributed by atoms with Crippen molar-refractivity contribution in [3.8, 4) is 0 Å². The van der Waals surface area contributed by atoms with E-state index in [0.29, 0.717) is 16.4 Å². The largest absolute Gasteiger partial charge is 0.325 e. The molecule has 0 saturated carbocycles. The van der Waals surface area contributed by atoms with Crippen molar-refractivity contribution in [2.75, 3.05) is 16.4 Å². The molecular formula is C21H20N4O2S. The summed E-state index contributed by atoms with van der Waals surface area (Å²) < 4.78 is 0. The SMILES string of the molecule is Cc1cccc(NC(=O)CSc2ccc(NC(=O)c3ccccc3)nn2)c1C. The fourth-order valence-corrected chi connectivity index (χ4v) is 3.07. The zero-order chi connectivity index (χ0) is 19.9. The fourth-order valence-electron chi connectivity index (χ4n) is 2.45. The van der Waals surface area contributed by atoms with Crippen LogP contribution in [0.15, 0.2) is 65.7 Å². The summed E-state index contributed by atoms with van der Waals surface area (Å²) in [5, 5.41) is 14.3. The number of amides is 2. The number of nitrogens with one attached hydrogen (secondary N) is 2. The second kappa shape index (κ2) is 9.14. The Morgan fingerprint density at radius 2 is 1.68 bits per heavy atom. The van der Waals surface area contributed by atoms with E-state index in [4.69, 9.17) is 0 Å². The average molecular weight is 392 g/mol. The van der Waals surface area contributed by atoms with Gasteiger partial charge in [-0.25, -0.2) is 0 Å². The number of hydrogen-bond donors (Lipinski definition) is 2. The minimum atomic E-state index is -0.247. The number of carbonyl (C=O) groups excluding carboxylic acids is 2. The van der Waals surface area contributed by atoms with Crippen molar-refractivity contribution in [1.82, 2.24) is 10.2 Å². The molecule has 0 aliphatic rings. The first-order valence-electron chi connectivity index (χ1n) is 8.72. The predicted molar refractivity (Wildman–Crippen MR) is 112 cm³/mol. The van der Waals surface area contributed by atoms with E-state index in [1.165, 1.54) is 11.8 Å². The van der Waals surface area contributed by atoms with Crippen molar-refractivity contribution in [2.24, 2.45) is 0 Å². The van der Waals surface area contributed by atoms with Crippen molar-refractivity contribution < 1.29 is 9.59 Å². The molecule has 0 fully saturated rings. The Kier molecular flexibility index (Phi) is 6.39. The summed E-state index contributed by atoms with van der Waals surface area (Å²) >= 11 is 1.28. The maximum absolute atomic E-state index is 12.2. The van der Waals surface area contributed by atoms with Crippen LogP contribution in [0, 0.1) is 13.8 Å². The Morgan fingerprint density at radius 1 is 0.893 bits per heavy atom. The van der Waals surface area contributed by atoms with Crippen LogP contribution in [0.2, 0.25) is 0 Å². The Morgan fingerprint density at radius 3 is 2.39 bits per heavy atom. The quantitative estimate of drug-likeness (QED) is 0.618. The molecule has 2 N–H and O–H groups in total. The Hall–Kier alpha value is -3.19. The number of carbonyl (C=O) groups is 2. The van der Waals surface area contributed by atoms with E-state index < -0.39 is 0 Å². The third kappa shape index (κ3) is 5.17. The van der Waals surface area contributed by atoms with Crippen LogP contribution in [-0.4, -0.2) is 27.8 Å². The van der Waals surface area contributed by atoms with E-state index in [1.54, 1.807) is 36.4 Å². The zero-order valence-corrected chi connectivity index (χ0v) is 16.4. The zero-order valence-electron chi connectivity index (χ0n) is 15.6. The van der Waals surface area contributed by atoms with E-state index in [9.17, 15) is 9.59 Å². The van der Waals surface area contributed by atoms with E-state index >= 15 is 0 Å². The van der Waals surface area contributed by atoms with Gasteiger partial charge in [-0.2, -0.15) is 0 Å². The monoisotopic (exact) mass is 392 g/mol. The van der Waals surface area contributed by atoms with Gasteiger partial charge in [-0.3, -0.25) is 9.59 Å². The van der Waals surface area contributed by atoms with E-state index in [2.05, 4.69) is 20.8 Å². The van der Waals surface area contributed by atoms with Gasteiger partial charge in [0, 0.05) is 11.3 Å². The molecule has 3 rings (SSSR count). The van der Waals surface area contributed by atoms with Gasteiger partial charge in [0.25, 0.3) is 5.91 Å². The number of aromatic nitrogens is 2. The van der Waals surface area contributed by atoms with Gasteiger partial charge in [0.15, 0.2) is 5.82 Å². The van der Waals surface area contributed by atoms with Crippen LogP contribution in [-0.2, 0) is 4.79 Å². The van der Waals surface area contributed by atoms with Gasteiger partial charge >= 0.3 is 0 Å². The van der Waals surface area contributed by atoms with Crippen molar-refractivity contribution in [2.45, 2.75) is 18.9 Å². The third-order valence-corrected chi connectivity index (χ3v) is 5.07. The summed E-state index contributed by atoms with van der Waals surface area (Å²) in [4.78, 5) is 24.3. The summed E-state index contributed by atoms with van der Waals surface area (Å²) in [6.07, 6.45) is 0. The highest BCUT2D eigenvalue weighted by Crippen LogP contribution is 2.20. The second-order valence-corrected chi connectivity index (χ2v) is 7.16. The molecule has 0 aliphatic heterocycles. The number of aryl methyl sites for hydroxylation is 1. The molecule has 3 aromatic rings. The van der Waals surface area contributed by atoms with Crippen LogP contribution >= 0.6 is 11.8 Å². The molecule has 7 heteroatoms. The number of nitrogens with zero attached hydrogens (tertiary/aromatic N) is 2. The molecule has 0 atom stereocenters. The van der Waals surface area contributed by atoms with Crippen molar-refractivity contribution in [3.05, 3.63) is 77.4 Å². The number of anilines is 2. The molecule has 1 heterocycles. The van der Waals surface area contributed by atoms with Gasteiger partial charge in [-0.15, -0.1) is 10.2 Å². The Bertz CT molecular complexity index is 975. The standard InChI is InChI=1S/C21H20N4O2S/c1-14-7-6-10-17(15(14)2)22-19(26)13-28-20-12-11-18(24-25-20)23-21(27)16-8-4-3-5-9-16/h3-12H,13H2,1-2H3,(H,22,26)(H,23,24,27). The van der Waals surface area contributed by atoms with Crippen molar-refractivity contribution >= 4 is 35.1 Å². The van der Waals surface area contributed by atoms with Crippen molar-refractivity contribution in [1.29, 1.82) is 0 Å². The van der Waals surface area contributed by atoms with Gasteiger partial charge in [0.1, 0.15) is 5.03 Å². The van der Waals surface area contributed by atoms with Crippen LogP contribution in [0.1, 0.15) is 21.5 Å². The molecule has 0 aliphatic carbocycles. The molecule has 142 valence electrons. The Balaban J connectivity index is 1.52. The lowest BCUT2D eigenvalue weighted by molar-refractivity contribution is -0.113. The van der Waals surface area contributed by atoms with E-state index in [0.717, 1.165) is 16.8 Å². The highest BCUT2D eigenvalue weighted by Gasteiger charge is 2.09. The van der Waals surface area contributed by atoms with Crippen LogP contribution in [0.4, 0.5) is 11.5 Å². The number of thioether (sulfide) groups is 1. The molecule has 0 saturated heterocycles. The fraction of sp³-hybridized carbons (Fsp3) is 0.143. The van der Waals surface area contributed by atoms with Gasteiger partial charge in [0.05, 0.1) is 5.75 Å². The highest BCUT2D eigenvalue weighted by molar-refractivity contribution is 7.99. The van der Waals surface area contributed by atoms with Gasteiger partial charge < -0.3 is 10.6 Å². The average Bonchev–Trinajstić information content (AvgIpc) is 2.71. The predicted octanol–water partition coefficient (Wildman–Crippen LogP) is 4.08. The molecule has 2 aromatic carbocycles. The summed E-state index contributed by atoms with van der Waals surface area (Å²) in [5.74, 6) is 0.223. The van der Waals surface area contributed by atoms with Crippen LogP contribution in [0.25, 0.3) is 0 Å². The number of benzene rings is 2. The molecule has 0 spiro atoms. The van der Waals surface area contributed by atoms with Gasteiger partial charge in [-0.05, 0) is 55.3 Å². The molecule has 0 radical (unpaired) electrons. The lowest BCUT2D eigenvalue weighted by Gasteiger charge is -2.10. The molecule has 2 amide bonds. The van der Waals surface area contributed by atoms with Gasteiger partial charge in [0.2, 0.25) is 5.91 Å². The Labute approximate surface area is 167 Å². The molecule has 0 bridgehead atoms. The summed E-state index contributed by atoms with van der Waals surface area (Å²) in [5.41, 5.74) is 3.55. The first kappa shape index (κ1) is 19.6. The third-order valence-electron chi connectivity index (χ3n) is 4.15. The normalized spacial score (nSPS) is 10.4. The van der Waals surface area contributed by atoms with Crippen LogP contribution in [0.3, 0.4) is 0 Å². The molecule has 28 heavy (non-hydrogen) atoms. The molecular weight excluding hydrogens is 372 g/mol. The lowest BCUT2D eigenvalue weighted by atomic mass is 10.1. The highest BCUT2D eigenvalue weighted by atomic mass is 32.2. The minimum Gasteiger partial charge on any atom is -0.325 e. The molecule has 0 unspecified atom stereocenters. The smallest absolute Gasteiger partial charge is 0.256 e. The number of hydrogen-bond acceptors (Lipinski definition) is 5. The minimum absolute atomic E-state index is 0.109. The number of rotatable bonds is 6. The van der Waals surface area contributed by atoms with Crippen LogP contribution in [0.5, 0.6) is 0 Å². The topological polar surface area (TPSA) is 84.0 Å². The van der Waals surface area contributed by atoms with E-state index in [1.807, 2.05) is 38.1 Å². The van der Waals surface area contributed by atoms with E-state index in [-0.39, 0.29) is 17.6 Å². The van der Waals surface area contributed by atoms with Gasteiger partial charge in [-0.1, -0.05) is 42.1 Å². The molecule has 1 aromatic heterocycles. The molecule has 6 nitrogen and oxygen atoms in total.